The molecule has 1 aromatic heterocycles. The molecular weight excluding hydrogens is 310 g/mol. The zero-order valence-electron chi connectivity index (χ0n) is 12.3. The van der Waals surface area contributed by atoms with E-state index in [2.05, 4.69) is 4.98 Å². The summed E-state index contributed by atoms with van der Waals surface area (Å²) in [5.41, 5.74) is 1.11. The first kappa shape index (κ1) is 15.3. The summed E-state index contributed by atoms with van der Waals surface area (Å²) in [6.07, 6.45) is 3.17. The fourth-order valence-corrected chi connectivity index (χ4v) is 2.36. The number of fused-ring (bicyclic) bond motifs is 1. The second-order valence-electron chi connectivity index (χ2n) is 4.99. The zero-order valence-corrected chi connectivity index (χ0v) is 12.3. The van der Waals surface area contributed by atoms with Crippen LogP contribution in [0.5, 0.6) is 0 Å². The third-order valence-corrected chi connectivity index (χ3v) is 3.48. The molecule has 118 valence electrons. The van der Waals surface area contributed by atoms with Gasteiger partial charge in [0.05, 0.1) is 21.1 Å². The molecule has 0 bridgehead atoms. The molecule has 0 saturated carbocycles. The van der Waals surface area contributed by atoms with Crippen molar-refractivity contribution < 1.29 is 9.85 Å². The average Bonchev–Trinajstić information content (AvgIpc) is 2.59. The maximum atomic E-state index is 11.1. The molecule has 0 aliphatic carbocycles. The lowest BCUT2D eigenvalue weighted by Crippen LogP contribution is -1.93. The molecule has 0 amide bonds. The molecule has 1 heterocycles. The van der Waals surface area contributed by atoms with E-state index in [0.29, 0.717) is 16.6 Å². The molecule has 0 aliphatic heterocycles. The summed E-state index contributed by atoms with van der Waals surface area (Å²) in [5.74, 6) is 0. The van der Waals surface area contributed by atoms with E-state index in [-0.39, 0.29) is 16.9 Å². The molecule has 24 heavy (non-hydrogen) atoms. The van der Waals surface area contributed by atoms with E-state index in [0.717, 1.165) is 0 Å². The molecule has 0 aliphatic rings. The Balaban J connectivity index is 2.04. The number of nitro benzene ring substituents is 2. The van der Waals surface area contributed by atoms with Crippen LogP contribution in [0.25, 0.3) is 23.1 Å². The Morgan fingerprint density at radius 1 is 0.792 bits per heavy atom. The summed E-state index contributed by atoms with van der Waals surface area (Å²) in [5, 5.41) is 22.8. The third-order valence-electron chi connectivity index (χ3n) is 3.48. The van der Waals surface area contributed by atoms with Crippen LogP contribution in [0.2, 0.25) is 0 Å². The summed E-state index contributed by atoms with van der Waals surface area (Å²) in [7, 11) is 0. The lowest BCUT2D eigenvalue weighted by Gasteiger charge is -2.01. The molecule has 0 radical (unpaired) electrons. The number of hydrogen-bond donors (Lipinski definition) is 0. The van der Waals surface area contributed by atoms with Gasteiger partial charge in [-0.05, 0) is 24.3 Å². The van der Waals surface area contributed by atoms with Gasteiger partial charge in [0, 0.05) is 17.5 Å². The van der Waals surface area contributed by atoms with Gasteiger partial charge in [-0.2, -0.15) is 0 Å². The number of hydrogen-bond acceptors (Lipinski definition) is 5. The second kappa shape index (κ2) is 6.25. The maximum Gasteiger partial charge on any atom is 0.295 e. The minimum Gasteiger partial charge on any atom is -0.258 e. The van der Waals surface area contributed by atoms with Crippen molar-refractivity contribution in [1.82, 2.24) is 4.98 Å². The van der Waals surface area contributed by atoms with Gasteiger partial charge in [-0.3, -0.25) is 20.2 Å². The van der Waals surface area contributed by atoms with E-state index >= 15 is 0 Å². The first-order valence-electron chi connectivity index (χ1n) is 7.02. The van der Waals surface area contributed by atoms with Gasteiger partial charge in [0.2, 0.25) is 0 Å². The highest BCUT2D eigenvalue weighted by Gasteiger charge is 2.13. The van der Waals surface area contributed by atoms with E-state index in [1.54, 1.807) is 54.6 Å². The monoisotopic (exact) mass is 321 g/mol. The Kier molecular flexibility index (Phi) is 3.98. The summed E-state index contributed by atoms with van der Waals surface area (Å²) >= 11 is 0. The van der Waals surface area contributed by atoms with Crippen molar-refractivity contribution in [2.24, 2.45) is 0 Å². The van der Waals surface area contributed by atoms with Gasteiger partial charge >= 0.3 is 0 Å². The van der Waals surface area contributed by atoms with Crippen LogP contribution in [0.3, 0.4) is 0 Å². The molecule has 3 aromatic rings. The number of non-ortho nitro benzene ring substituents is 1. The van der Waals surface area contributed by atoms with Crippen LogP contribution in [0, 0.1) is 20.2 Å². The van der Waals surface area contributed by atoms with E-state index < -0.39 is 9.85 Å². The molecule has 0 spiro atoms. The van der Waals surface area contributed by atoms with Gasteiger partial charge in [0.15, 0.2) is 0 Å². The van der Waals surface area contributed by atoms with Crippen LogP contribution in [0.15, 0.2) is 54.6 Å². The minimum absolute atomic E-state index is 0.0134. The molecule has 2 aromatic carbocycles. The van der Waals surface area contributed by atoms with Crippen molar-refractivity contribution >= 4 is 34.4 Å². The predicted octanol–water partition coefficient (Wildman–Crippen LogP) is 4.22. The Hall–Kier alpha value is -3.61. The highest BCUT2D eigenvalue weighted by Crippen LogP contribution is 2.25. The standard InChI is InChI=1S/C17H11N3O4/c21-19(22)15-6-2-1-4-12(15)8-10-14-11-9-13-5-3-7-16(20(23)24)17(13)18-14/h1-11H/b10-8+. The topological polar surface area (TPSA) is 99.2 Å². The van der Waals surface area contributed by atoms with Crippen LogP contribution in [0.4, 0.5) is 11.4 Å². The largest absolute Gasteiger partial charge is 0.295 e. The predicted molar refractivity (Wildman–Crippen MR) is 90.4 cm³/mol. The molecule has 7 nitrogen and oxygen atoms in total. The highest BCUT2D eigenvalue weighted by atomic mass is 16.6. The number of para-hydroxylation sites is 2. The van der Waals surface area contributed by atoms with Crippen LogP contribution in [-0.4, -0.2) is 14.8 Å². The molecule has 0 saturated heterocycles. The quantitative estimate of drug-likeness (QED) is 0.529. The summed E-state index contributed by atoms with van der Waals surface area (Å²) < 4.78 is 0. The number of nitro groups is 2. The van der Waals surface area contributed by atoms with Gasteiger partial charge in [-0.1, -0.05) is 30.3 Å². The number of benzene rings is 2. The third kappa shape index (κ3) is 2.95. The average molecular weight is 321 g/mol. The van der Waals surface area contributed by atoms with Crippen molar-refractivity contribution in [3.05, 3.63) is 86.1 Å². The smallest absolute Gasteiger partial charge is 0.258 e. The van der Waals surface area contributed by atoms with E-state index in [4.69, 9.17) is 0 Å². The first-order valence-corrected chi connectivity index (χ1v) is 7.02. The fraction of sp³-hybridized carbons (Fsp3) is 0. The van der Waals surface area contributed by atoms with Crippen molar-refractivity contribution in [1.29, 1.82) is 0 Å². The molecule has 0 atom stereocenters. The van der Waals surface area contributed by atoms with Gasteiger partial charge in [-0.15, -0.1) is 0 Å². The van der Waals surface area contributed by atoms with Crippen molar-refractivity contribution in [3.63, 3.8) is 0 Å². The fourth-order valence-electron chi connectivity index (χ4n) is 2.36. The Morgan fingerprint density at radius 3 is 2.25 bits per heavy atom. The minimum atomic E-state index is -0.481. The zero-order chi connectivity index (χ0) is 17.1. The number of pyridine rings is 1. The lowest BCUT2D eigenvalue weighted by atomic mass is 10.1. The van der Waals surface area contributed by atoms with Gasteiger partial charge in [-0.25, -0.2) is 4.98 Å². The van der Waals surface area contributed by atoms with Crippen molar-refractivity contribution in [3.8, 4) is 0 Å². The molecular formula is C17H11N3O4. The Morgan fingerprint density at radius 2 is 1.50 bits per heavy atom. The van der Waals surface area contributed by atoms with E-state index in [9.17, 15) is 20.2 Å². The number of rotatable bonds is 4. The summed E-state index contributed by atoms with van der Waals surface area (Å²) in [6.45, 7) is 0. The number of aromatic nitrogens is 1. The Bertz CT molecular complexity index is 982. The molecule has 0 fully saturated rings. The first-order chi connectivity index (χ1) is 11.6. The lowest BCUT2D eigenvalue weighted by molar-refractivity contribution is -0.385. The van der Waals surface area contributed by atoms with Crippen LogP contribution in [0.1, 0.15) is 11.3 Å². The van der Waals surface area contributed by atoms with Crippen LogP contribution in [-0.2, 0) is 0 Å². The van der Waals surface area contributed by atoms with Gasteiger partial charge < -0.3 is 0 Å². The van der Waals surface area contributed by atoms with Crippen LogP contribution >= 0.6 is 0 Å². The molecule has 0 unspecified atom stereocenters. The molecule has 7 heteroatoms. The molecule has 0 N–H and O–H groups in total. The molecule has 3 rings (SSSR count). The van der Waals surface area contributed by atoms with Crippen LogP contribution < -0.4 is 0 Å². The SMILES string of the molecule is O=[N+]([O-])c1ccccc1/C=C/c1ccc2cccc([N+](=O)[O-])c2n1. The van der Waals surface area contributed by atoms with E-state index in [1.807, 2.05) is 0 Å². The second-order valence-corrected chi connectivity index (χ2v) is 4.99. The van der Waals surface area contributed by atoms with Crippen molar-refractivity contribution in [2.75, 3.05) is 0 Å². The van der Waals surface area contributed by atoms with Gasteiger partial charge in [0.25, 0.3) is 11.4 Å². The van der Waals surface area contributed by atoms with Gasteiger partial charge in [0.1, 0.15) is 5.52 Å². The highest BCUT2D eigenvalue weighted by molar-refractivity contribution is 5.88. The normalized spacial score (nSPS) is 11.0. The summed E-state index contributed by atoms with van der Waals surface area (Å²) in [4.78, 5) is 25.5. The van der Waals surface area contributed by atoms with E-state index in [1.165, 1.54) is 12.1 Å². The van der Waals surface area contributed by atoms with Crippen molar-refractivity contribution in [2.45, 2.75) is 0 Å². The summed E-state index contributed by atoms with van der Waals surface area (Å²) in [6, 6.07) is 14.5. The number of nitrogens with zero attached hydrogens (tertiary/aromatic N) is 3. The Labute approximate surface area is 136 Å². The maximum absolute atomic E-state index is 11.1.